The number of hydrogen-bond acceptors (Lipinski definition) is 3. The van der Waals surface area contributed by atoms with Gasteiger partial charge >= 0.3 is 0 Å². The lowest BCUT2D eigenvalue weighted by molar-refractivity contribution is -0.129. The minimum absolute atomic E-state index is 0.0457. The summed E-state index contributed by atoms with van der Waals surface area (Å²) in [5.41, 5.74) is 2.34. The van der Waals surface area contributed by atoms with Crippen molar-refractivity contribution in [2.45, 2.75) is 33.6 Å². The van der Waals surface area contributed by atoms with Crippen LogP contribution in [0.2, 0.25) is 0 Å². The minimum atomic E-state index is -0.332. The molecule has 0 spiro atoms. The van der Waals surface area contributed by atoms with E-state index in [0.29, 0.717) is 30.0 Å². The normalized spacial score (nSPS) is 24.9. The summed E-state index contributed by atoms with van der Waals surface area (Å²) >= 11 is 0. The molecule has 1 aromatic rings. The number of amides is 2. The monoisotopic (exact) mass is 427 g/mol. The third-order valence-corrected chi connectivity index (χ3v) is 7.84. The van der Waals surface area contributed by atoms with Crippen molar-refractivity contribution < 1.29 is 14.0 Å². The Morgan fingerprint density at radius 2 is 1.81 bits per heavy atom. The second kappa shape index (κ2) is 8.73. The molecule has 168 valence electrons. The number of rotatable bonds is 6. The second-order valence-electron chi connectivity index (χ2n) is 9.90. The Balaban J connectivity index is 1.26. The minimum Gasteiger partial charge on any atom is -0.338 e. The number of allylic oxidation sites excluding steroid dienone is 1. The SMILES string of the molecule is CC(=O)N(CCN1CCN(C(=O)c2ccc(F)cc2)CC1)CC1=CCC2CC1C2(C)C. The molecule has 3 aliphatic carbocycles. The zero-order chi connectivity index (χ0) is 22.2. The van der Waals surface area contributed by atoms with E-state index in [9.17, 15) is 14.0 Å². The Bertz CT molecular complexity index is 856. The molecule has 5 rings (SSSR count). The van der Waals surface area contributed by atoms with E-state index in [1.807, 2.05) is 9.80 Å². The summed E-state index contributed by atoms with van der Waals surface area (Å²) in [6.07, 6.45) is 4.79. The third kappa shape index (κ3) is 4.54. The van der Waals surface area contributed by atoms with E-state index in [1.165, 1.54) is 24.1 Å². The maximum atomic E-state index is 13.1. The van der Waals surface area contributed by atoms with Crippen molar-refractivity contribution in [1.82, 2.24) is 14.7 Å². The lowest BCUT2D eigenvalue weighted by Gasteiger charge is -2.57. The van der Waals surface area contributed by atoms with Gasteiger partial charge in [-0.05, 0) is 54.4 Å². The molecule has 1 heterocycles. The first kappa shape index (κ1) is 22.0. The van der Waals surface area contributed by atoms with Gasteiger partial charge in [-0.3, -0.25) is 14.5 Å². The molecular weight excluding hydrogens is 393 g/mol. The summed E-state index contributed by atoms with van der Waals surface area (Å²) in [7, 11) is 0. The Kier molecular flexibility index (Phi) is 6.20. The summed E-state index contributed by atoms with van der Waals surface area (Å²) in [4.78, 5) is 31.0. The lowest BCUT2D eigenvalue weighted by atomic mass is 9.49. The van der Waals surface area contributed by atoms with E-state index in [4.69, 9.17) is 0 Å². The number of benzene rings is 1. The maximum absolute atomic E-state index is 13.1. The zero-order valence-corrected chi connectivity index (χ0v) is 18.9. The van der Waals surface area contributed by atoms with Crippen molar-refractivity contribution in [1.29, 1.82) is 0 Å². The molecule has 1 aromatic carbocycles. The highest BCUT2D eigenvalue weighted by atomic mass is 19.1. The lowest BCUT2D eigenvalue weighted by Crippen LogP contribution is -2.52. The van der Waals surface area contributed by atoms with Gasteiger partial charge in [-0.25, -0.2) is 4.39 Å². The van der Waals surface area contributed by atoms with Crippen LogP contribution in [0, 0.1) is 23.1 Å². The molecule has 0 radical (unpaired) electrons. The molecule has 2 unspecified atom stereocenters. The fraction of sp³-hybridized carbons (Fsp3) is 0.600. The molecule has 1 aliphatic heterocycles. The number of hydrogen-bond donors (Lipinski definition) is 0. The first-order chi connectivity index (χ1) is 14.8. The van der Waals surface area contributed by atoms with Gasteiger partial charge in [0.1, 0.15) is 5.82 Å². The van der Waals surface area contributed by atoms with E-state index in [1.54, 1.807) is 19.1 Å². The Hall–Kier alpha value is -2.21. The van der Waals surface area contributed by atoms with Gasteiger partial charge in [0, 0.05) is 58.3 Å². The number of carbonyl (C=O) groups excluding carboxylic acids is 2. The average Bonchev–Trinajstić information content (AvgIpc) is 2.76. The second-order valence-corrected chi connectivity index (χ2v) is 9.90. The third-order valence-electron chi connectivity index (χ3n) is 7.84. The van der Waals surface area contributed by atoms with Crippen LogP contribution in [-0.2, 0) is 4.79 Å². The van der Waals surface area contributed by atoms with Gasteiger partial charge in [0.25, 0.3) is 5.91 Å². The number of nitrogens with zero attached hydrogens (tertiary/aromatic N) is 3. The van der Waals surface area contributed by atoms with Crippen molar-refractivity contribution >= 4 is 11.8 Å². The summed E-state index contributed by atoms with van der Waals surface area (Å²) in [5, 5.41) is 0. The van der Waals surface area contributed by atoms with Crippen molar-refractivity contribution in [2.24, 2.45) is 17.3 Å². The summed E-state index contributed by atoms with van der Waals surface area (Å²) in [6.45, 7) is 11.6. The van der Waals surface area contributed by atoms with Crippen LogP contribution < -0.4 is 0 Å². The van der Waals surface area contributed by atoms with E-state index in [0.717, 1.165) is 45.1 Å². The Labute approximate surface area is 184 Å². The quantitative estimate of drug-likeness (QED) is 0.654. The highest BCUT2D eigenvalue weighted by Crippen LogP contribution is 2.59. The predicted molar refractivity (Wildman–Crippen MR) is 119 cm³/mol. The topological polar surface area (TPSA) is 43.9 Å². The maximum Gasteiger partial charge on any atom is 0.253 e. The van der Waals surface area contributed by atoms with E-state index < -0.39 is 0 Å². The summed E-state index contributed by atoms with van der Waals surface area (Å²) in [6, 6.07) is 5.74. The van der Waals surface area contributed by atoms with Crippen LogP contribution in [-0.4, -0.2) is 72.3 Å². The van der Waals surface area contributed by atoms with Crippen LogP contribution in [0.4, 0.5) is 4.39 Å². The number of carbonyl (C=O) groups is 2. The zero-order valence-electron chi connectivity index (χ0n) is 18.9. The van der Waals surface area contributed by atoms with Gasteiger partial charge in [0.2, 0.25) is 5.91 Å². The van der Waals surface area contributed by atoms with Crippen molar-refractivity contribution in [2.75, 3.05) is 45.8 Å². The molecular formula is C25H34FN3O2. The van der Waals surface area contributed by atoms with Crippen molar-refractivity contribution in [3.8, 4) is 0 Å². The summed E-state index contributed by atoms with van der Waals surface area (Å²) < 4.78 is 13.1. The van der Waals surface area contributed by atoms with Crippen LogP contribution in [0.25, 0.3) is 0 Å². The molecule has 0 aromatic heterocycles. The first-order valence-corrected chi connectivity index (χ1v) is 11.5. The standard InChI is InChI=1S/C25H34FN3O2/c1-18(30)29(17-20-4-7-21-16-23(20)25(21,2)3)15-12-27-10-13-28(14-11-27)24(31)19-5-8-22(26)9-6-19/h4-6,8-9,21,23H,7,10-17H2,1-3H3. The molecule has 2 fully saturated rings. The summed E-state index contributed by atoms with van der Waals surface area (Å²) in [5.74, 6) is 1.18. The molecule has 1 saturated heterocycles. The smallest absolute Gasteiger partial charge is 0.253 e. The van der Waals surface area contributed by atoms with Gasteiger partial charge in [-0.15, -0.1) is 0 Å². The molecule has 2 atom stereocenters. The van der Waals surface area contributed by atoms with Crippen LogP contribution in [0.1, 0.15) is 44.0 Å². The fourth-order valence-corrected chi connectivity index (χ4v) is 5.44. The number of halogens is 1. The number of fused-ring (bicyclic) bond motifs is 1. The van der Waals surface area contributed by atoms with E-state index in [2.05, 4.69) is 24.8 Å². The fourth-order valence-electron chi connectivity index (χ4n) is 5.44. The Morgan fingerprint density at radius 1 is 1.13 bits per heavy atom. The van der Waals surface area contributed by atoms with Crippen LogP contribution >= 0.6 is 0 Å². The molecule has 4 aliphatic rings. The van der Waals surface area contributed by atoms with Gasteiger partial charge < -0.3 is 9.80 Å². The van der Waals surface area contributed by atoms with Gasteiger partial charge in [0.15, 0.2) is 0 Å². The predicted octanol–water partition coefficient (Wildman–Crippen LogP) is 3.42. The largest absolute Gasteiger partial charge is 0.338 e. The van der Waals surface area contributed by atoms with Crippen LogP contribution in [0.15, 0.2) is 35.9 Å². The average molecular weight is 428 g/mol. The molecule has 1 saturated carbocycles. The van der Waals surface area contributed by atoms with E-state index in [-0.39, 0.29) is 17.6 Å². The van der Waals surface area contributed by atoms with Gasteiger partial charge in [0.05, 0.1) is 0 Å². The van der Waals surface area contributed by atoms with Crippen molar-refractivity contribution in [3.05, 3.63) is 47.3 Å². The van der Waals surface area contributed by atoms with Gasteiger partial charge in [-0.1, -0.05) is 25.5 Å². The number of piperazine rings is 1. The molecule has 31 heavy (non-hydrogen) atoms. The molecule has 5 nitrogen and oxygen atoms in total. The molecule has 2 bridgehead atoms. The molecule has 2 amide bonds. The van der Waals surface area contributed by atoms with E-state index >= 15 is 0 Å². The van der Waals surface area contributed by atoms with Crippen molar-refractivity contribution in [3.63, 3.8) is 0 Å². The van der Waals surface area contributed by atoms with Gasteiger partial charge in [-0.2, -0.15) is 0 Å². The highest BCUT2D eigenvalue weighted by Gasteiger charge is 2.51. The Morgan fingerprint density at radius 3 is 2.39 bits per heavy atom. The molecule has 0 N–H and O–H groups in total. The molecule has 6 heteroatoms. The first-order valence-electron chi connectivity index (χ1n) is 11.5. The van der Waals surface area contributed by atoms with Crippen LogP contribution in [0.3, 0.4) is 0 Å². The highest BCUT2D eigenvalue weighted by molar-refractivity contribution is 5.94. The van der Waals surface area contributed by atoms with Crippen LogP contribution in [0.5, 0.6) is 0 Å².